The minimum atomic E-state index is -3.61. The second kappa shape index (κ2) is 9.54. The van der Waals surface area contributed by atoms with E-state index in [0.29, 0.717) is 36.9 Å². The molecule has 0 bridgehead atoms. The minimum Gasteiger partial charge on any atom is -0.352 e. The number of nitrogens with one attached hydrogen (secondary N) is 1. The molecule has 0 saturated carbocycles. The van der Waals surface area contributed by atoms with E-state index in [4.69, 9.17) is 4.98 Å². The summed E-state index contributed by atoms with van der Waals surface area (Å²) in [5.74, 6) is 1.51. The molecular weight excluding hydrogens is 494 g/mol. The van der Waals surface area contributed by atoms with Crippen molar-refractivity contribution < 1.29 is 8.42 Å². The zero-order valence-electron chi connectivity index (χ0n) is 19.8. The highest BCUT2D eigenvalue weighted by atomic mass is 35.5. The molecule has 36 heavy (non-hydrogen) atoms. The molecule has 6 rings (SSSR count). The number of hydrogen-bond donors (Lipinski definition) is 1. The van der Waals surface area contributed by atoms with E-state index in [0.717, 1.165) is 38.9 Å². The van der Waals surface area contributed by atoms with Crippen LogP contribution in [0.4, 0.5) is 5.82 Å². The van der Waals surface area contributed by atoms with Crippen LogP contribution in [0.1, 0.15) is 5.82 Å². The van der Waals surface area contributed by atoms with E-state index in [1.165, 1.54) is 0 Å². The number of aryl methyl sites for hydroxylation is 1. The molecule has 9 heteroatoms. The van der Waals surface area contributed by atoms with Gasteiger partial charge in [-0.1, -0.05) is 66.7 Å². The first-order chi connectivity index (χ1) is 17.0. The standard InChI is InChI=1S/C27H25N5O2S.ClH/c1-19-28-24-18-23(21-9-3-2-4-10-21)30-26(24)27(29-19)31-14-16-32(17-15-31)35(33,34)25-13-7-11-20-8-5-6-12-22(20)25;/h2-13,18,30H,14-17H2,1H3;1H. The predicted molar refractivity (Wildman–Crippen MR) is 146 cm³/mol. The van der Waals surface area contributed by atoms with Crippen LogP contribution in [0.15, 0.2) is 83.8 Å². The lowest BCUT2D eigenvalue weighted by Gasteiger charge is -2.35. The maximum absolute atomic E-state index is 13.5. The minimum absolute atomic E-state index is 0. The number of piperazine rings is 1. The molecule has 0 spiro atoms. The van der Waals surface area contributed by atoms with E-state index < -0.39 is 10.0 Å². The number of hydrogen-bond acceptors (Lipinski definition) is 5. The number of sulfonamides is 1. The summed E-state index contributed by atoms with van der Waals surface area (Å²) in [4.78, 5) is 15.4. The zero-order valence-corrected chi connectivity index (χ0v) is 21.4. The summed E-state index contributed by atoms with van der Waals surface area (Å²) in [6, 6.07) is 25.2. The molecule has 0 amide bonds. The Balaban J connectivity index is 0.00000267. The molecule has 1 saturated heterocycles. The van der Waals surface area contributed by atoms with Crippen molar-refractivity contribution in [2.24, 2.45) is 0 Å². The van der Waals surface area contributed by atoms with Gasteiger partial charge in [-0.05, 0) is 30.0 Å². The molecule has 0 radical (unpaired) electrons. The van der Waals surface area contributed by atoms with Crippen LogP contribution in [0, 0.1) is 6.92 Å². The van der Waals surface area contributed by atoms with Gasteiger partial charge in [-0.2, -0.15) is 4.31 Å². The highest BCUT2D eigenvalue weighted by molar-refractivity contribution is 7.89. The lowest BCUT2D eigenvalue weighted by Crippen LogP contribution is -2.49. The normalized spacial score (nSPS) is 14.8. The average molecular weight is 520 g/mol. The Bertz CT molecular complexity index is 1640. The summed E-state index contributed by atoms with van der Waals surface area (Å²) in [5.41, 5.74) is 3.80. The lowest BCUT2D eigenvalue weighted by molar-refractivity contribution is 0.384. The third-order valence-corrected chi connectivity index (χ3v) is 8.52. The first-order valence-corrected chi connectivity index (χ1v) is 13.1. The summed E-state index contributed by atoms with van der Waals surface area (Å²) in [6.07, 6.45) is 0. The highest BCUT2D eigenvalue weighted by Gasteiger charge is 2.31. The number of anilines is 1. The summed E-state index contributed by atoms with van der Waals surface area (Å²) >= 11 is 0. The predicted octanol–water partition coefficient (Wildman–Crippen LogP) is 5.02. The number of rotatable bonds is 4. The van der Waals surface area contributed by atoms with Gasteiger partial charge in [-0.15, -0.1) is 12.4 Å². The van der Waals surface area contributed by atoms with Crippen LogP contribution in [0.3, 0.4) is 0 Å². The van der Waals surface area contributed by atoms with E-state index in [1.54, 1.807) is 16.4 Å². The van der Waals surface area contributed by atoms with Gasteiger partial charge in [0.05, 0.1) is 10.4 Å². The van der Waals surface area contributed by atoms with Crippen LogP contribution in [0.25, 0.3) is 33.1 Å². The molecule has 184 valence electrons. The molecule has 1 N–H and O–H groups in total. The Morgan fingerprint density at radius 1 is 0.833 bits per heavy atom. The number of H-pyrrole nitrogens is 1. The number of aromatic amines is 1. The van der Waals surface area contributed by atoms with Crippen molar-refractivity contribution in [3.8, 4) is 11.3 Å². The first-order valence-electron chi connectivity index (χ1n) is 11.7. The van der Waals surface area contributed by atoms with Gasteiger partial charge in [0.2, 0.25) is 10.0 Å². The van der Waals surface area contributed by atoms with E-state index in [-0.39, 0.29) is 12.4 Å². The van der Waals surface area contributed by atoms with Crippen LogP contribution >= 0.6 is 12.4 Å². The van der Waals surface area contributed by atoms with Gasteiger partial charge in [0.25, 0.3) is 0 Å². The lowest BCUT2D eigenvalue weighted by atomic mass is 10.1. The number of halogens is 1. The van der Waals surface area contributed by atoms with Crippen molar-refractivity contribution in [2.45, 2.75) is 11.8 Å². The van der Waals surface area contributed by atoms with Gasteiger partial charge in [-0.25, -0.2) is 18.4 Å². The van der Waals surface area contributed by atoms with Crippen molar-refractivity contribution in [2.75, 3.05) is 31.1 Å². The fraction of sp³-hybridized carbons (Fsp3) is 0.185. The van der Waals surface area contributed by atoms with Crippen molar-refractivity contribution in [1.29, 1.82) is 0 Å². The molecule has 2 aromatic heterocycles. The topological polar surface area (TPSA) is 82.2 Å². The van der Waals surface area contributed by atoms with Crippen molar-refractivity contribution in [3.63, 3.8) is 0 Å². The van der Waals surface area contributed by atoms with Crippen LogP contribution in [0.5, 0.6) is 0 Å². The summed E-state index contributed by atoms with van der Waals surface area (Å²) in [7, 11) is -3.61. The Labute approximate surface area is 216 Å². The SMILES string of the molecule is Cc1nc(N2CCN(S(=O)(=O)c3cccc4ccccc34)CC2)c2[nH]c(-c3ccccc3)cc2n1.Cl. The van der Waals surface area contributed by atoms with Crippen molar-refractivity contribution >= 4 is 50.1 Å². The molecule has 5 aromatic rings. The zero-order chi connectivity index (χ0) is 24.0. The number of benzene rings is 3. The smallest absolute Gasteiger partial charge is 0.243 e. The monoisotopic (exact) mass is 519 g/mol. The summed E-state index contributed by atoms with van der Waals surface area (Å²) in [5, 5.41) is 1.68. The van der Waals surface area contributed by atoms with Crippen LogP contribution in [0.2, 0.25) is 0 Å². The van der Waals surface area contributed by atoms with Gasteiger partial charge in [-0.3, -0.25) is 0 Å². The third-order valence-electron chi connectivity index (χ3n) is 6.56. The van der Waals surface area contributed by atoms with E-state index >= 15 is 0 Å². The molecule has 1 fully saturated rings. The first kappa shape index (κ1) is 24.2. The second-order valence-electron chi connectivity index (χ2n) is 8.77. The van der Waals surface area contributed by atoms with Gasteiger partial charge < -0.3 is 9.88 Å². The molecule has 0 unspecified atom stereocenters. The molecule has 1 aliphatic rings. The largest absolute Gasteiger partial charge is 0.352 e. The average Bonchev–Trinajstić information content (AvgIpc) is 3.32. The highest BCUT2D eigenvalue weighted by Crippen LogP contribution is 2.31. The number of nitrogens with zero attached hydrogens (tertiary/aromatic N) is 4. The number of fused-ring (bicyclic) bond motifs is 2. The van der Waals surface area contributed by atoms with Crippen LogP contribution in [-0.2, 0) is 10.0 Å². The fourth-order valence-electron chi connectivity index (χ4n) is 4.81. The fourth-order valence-corrected chi connectivity index (χ4v) is 6.45. The van der Waals surface area contributed by atoms with E-state index in [1.807, 2.05) is 61.5 Å². The van der Waals surface area contributed by atoms with Crippen molar-refractivity contribution in [3.05, 3.63) is 84.7 Å². The third kappa shape index (κ3) is 4.21. The van der Waals surface area contributed by atoms with Crippen LogP contribution < -0.4 is 4.90 Å². The number of aromatic nitrogens is 3. The molecule has 3 heterocycles. The Kier molecular flexibility index (Phi) is 6.42. The van der Waals surface area contributed by atoms with Gasteiger partial charge in [0.15, 0.2) is 5.82 Å². The maximum atomic E-state index is 13.5. The Morgan fingerprint density at radius 2 is 1.53 bits per heavy atom. The second-order valence-corrected chi connectivity index (χ2v) is 10.7. The molecular formula is C27H26ClN5O2S. The Morgan fingerprint density at radius 3 is 2.31 bits per heavy atom. The van der Waals surface area contributed by atoms with Crippen molar-refractivity contribution in [1.82, 2.24) is 19.3 Å². The summed E-state index contributed by atoms with van der Waals surface area (Å²) in [6.45, 7) is 3.77. The van der Waals surface area contributed by atoms with E-state index in [9.17, 15) is 8.42 Å². The molecule has 7 nitrogen and oxygen atoms in total. The molecule has 0 atom stereocenters. The molecule has 1 aliphatic heterocycles. The van der Waals surface area contributed by atoms with Gasteiger partial charge in [0.1, 0.15) is 11.3 Å². The summed E-state index contributed by atoms with van der Waals surface area (Å²) < 4.78 is 28.7. The molecule has 3 aromatic carbocycles. The van der Waals surface area contributed by atoms with Crippen LogP contribution in [-0.4, -0.2) is 53.9 Å². The Hall–Kier alpha value is -3.46. The quantitative estimate of drug-likeness (QED) is 0.360. The van der Waals surface area contributed by atoms with Gasteiger partial charge in [0, 0.05) is 37.3 Å². The molecule has 0 aliphatic carbocycles. The van der Waals surface area contributed by atoms with Gasteiger partial charge >= 0.3 is 0 Å². The maximum Gasteiger partial charge on any atom is 0.243 e. The van der Waals surface area contributed by atoms with E-state index in [2.05, 4.69) is 27.0 Å².